The average Bonchev–Trinajstić information content (AvgIpc) is 2.38. The predicted octanol–water partition coefficient (Wildman–Crippen LogP) is 3.37. The van der Waals surface area contributed by atoms with Crippen molar-refractivity contribution in [1.82, 2.24) is 0 Å². The highest BCUT2D eigenvalue weighted by Crippen LogP contribution is 2.24. The number of fused-ring (bicyclic) bond motifs is 1. The van der Waals surface area contributed by atoms with Gasteiger partial charge in [-0.3, -0.25) is 0 Å². The fourth-order valence-corrected chi connectivity index (χ4v) is 1.52. The standard InChI is InChI=1S/C11H9BrO/c12-8-10-6-3-5-9-4-1-2-7-11(9)13-10/h1-7H,8H2. The maximum absolute atomic E-state index is 5.66. The van der Waals surface area contributed by atoms with Crippen LogP contribution < -0.4 is 4.74 Å². The van der Waals surface area contributed by atoms with Gasteiger partial charge in [-0.05, 0) is 12.1 Å². The molecular formula is C11H9BrO. The fraction of sp³-hybridized carbons (Fsp3) is 0.0909. The van der Waals surface area contributed by atoms with E-state index in [0.717, 1.165) is 22.4 Å². The largest absolute Gasteiger partial charge is 0.460 e. The lowest BCUT2D eigenvalue weighted by molar-refractivity contribution is 0.431. The van der Waals surface area contributed by atoms with E-state index in [-0.39, 0.29) is 0 Å². The lowest BCUT2D eigenvalue weighted by Gasteiger charge is -2.07. The number of rotatable bonds is 1. The molecule has 1 aliphatic rings. The minimum Gasteiger partial charge on any atom is -0.460 e. The molecule has 1 nitrogen and oxygen atoms in total. The van der Waals surface area contributed by atoms with Gasteiger partial charge in [-0.15, -0.1) is 0 Å². The van der Waals surface area contributed by atoms with Crippen molar-refractivity contribution in [2.24, 2.45) is 0 Å². The number of alkyl halides is 1. The summed E-state index contributed by atoms with van der Waals surface area (Å²) in [5.41, 5.74) is 1.12. The summed E-state index contributed by atoms with van der Waals surface area (Å²) < 4.78 is 5.66. The van der Waals surface area contributed by atoms with Crippen LogP contribution in [0.2, 0.25) is 0 Å². The zero-order chi connectivity index (χ0) is 9.10. The number of para-hydroxylation sites is 1. The van der Waals surface area contributed by atoms with Gasteiger partial charge in [0.2, 0.25) is 0 Å². The Kier molecular flexibility index (Phi) is 2.50. The second kappa shape index (κ2) is 3.79. The van der Waals surface area contributed by atoms with Gasteiger partial charge in [0.1, 0.15) is 11.5 Å². The molecule has 13 heavy (non-hydrogen) atoms. The normalized spacial score (nSPS) is 14.1. The molecule has 0 N–H and O–H groups in total. The van der Waals surface area contributed by atoms with Crippen molar-refractivity contribution in [2.45, 2.75) is 0 Å². The van der Waals surface area contributed by atoms with Gasteiger partial charge < -0.3 is 4.74 Å². The minimum absolute atomic E-state index is 0.742. The average molecular weight is 237 g/mol. The Morgan fingerprint density at radius 2 is 2.08 bits per heavy atom. The Hall–Kier alpha value is -1.02. The van der Waals surface area contributed by atoms with E-state index >= 15 is 0 Å². The second-order valence-corrected chi connectivity index (χ2v) is 3.33. The Bertz CT molecular complexity index is 366. The monoisotopic (exact) mass is 236 g/mol. The SMILES string of the molecule is BrCC1=CC=Cc2ccccc2O1. The summed E-state index contributed by atoms with van der Waals surface area (Å²) in [5.74, 6) is 1.85. The molecule has 0 saturated heterocycles. The third-order valence-electron chi connectivity index (χ3n) is 1.85. The van der Waals surface area contributed by atoms with Crippen molar-refractivity contribution in [3.63, 3.8) is 0 Å². The van der Waals surface area contributed by atoms with Crippen LogP contribution in [-0.4, -0.2) is 5.33 Å². The lowest BCUT2D eigenvalue weighted by Crippen LogP contribution is -1.95. The molecule has 1 aromatic carbocycles. The molecule has 0 unspecified atom stereocenters. The fourth-order valence-electron chi connectivity index (χ4n) is 1.22. The van der Waals surface area contributed by atoms with Crippen LogP contribution in [0.4, 0.5) is 0 Å². The molecule has 0 radical (unpaired) electrons. The first kappa shape index (κ1) is 8.57. The predicted molar refractivity (Wildman–Crippen MR) is 58.0 cm³/mol. The molecule has 2 rings (SSSR count). The first-order valence-electron chi connectivity index (χ1n) is 4.10. The van der Waals surface area contributed by atoms with E-state index in [2.05, 4.69) is 15.9 Å². The van der Waals surface area contributed by atoms with Crippen LogP contribution in [0.1, 0.15) is 5.56 Å². The molecule has 0 amide bonds. The van der Waals surface area contributed by atoms with Gasteiger partial charge in [0, 0.05) is 5.56 Å². The van der Waals surface area contributed by atoms with Gasteiger partial charge in [0.25, 0.3) is 0 Å². The second-order valence-electron chi connectivity index (χ2n) is 2.77. The molecule has 0 atom stereocenters. The molecule has 0 saturated carbocycles. The van der Waals surface area contributed by atoms with Crippen molar-refractivity contribution >= 4 is 22.0 Å². The van der Waals surface area contributed by atoms with Crippen LogP contribution in [0, 0.1) is 0 Å². The molecule has 0 bridgehead atoms. The first-order chi connectivity index (χ1) is 6.40. The summed E-state index contributed by atoms with van der Waals surface area (Å²) in [6.45, 7) is 0. The number of halogens is 1. The molecular weight excluding hydrogens is 228 g/mol. The van der Waals surface area contributed by atoms with Gasteiger partial charge in [-0.1, -0.05) is 46.3 Å². The number of hydrogen-bond donors (Lipinski definition) is 0. The van der Waals surface area contributed by atoms with Crippen LogP contribution >= 0.6 is 15.9 Å². The van der Waals surface area contributed by atoms with Crippen LogP contribution in [0.25, 0.3) is 6.08 Å². The van der Waals surface area contributed by atoms with Gasteiger partial charge >= 0.3 is 0 Å². The lowest BCUT2D eigenvalue weighted by atomic mass is 10.2. The summed E-state index contributed by atoms with van der Waals surface area (Å²) >= 11 is 3.37. The Balaban J connectivity index is 2.40. The Labute approximate surface area is 85.9 Å². The highest BCUT2D eigenvalue weighted by atomic mass is 79.9. The summed E-state index contributed by atoms with van der Waals surface area (Å²) in [5, 5.41) is 0.742. The van der Waals surface area contributed by atoms with E-state index in [4.69, 9.17) is 4.74 Å². The van der Waals surface area contributed by atoms with Crippen molar-refractivity contribution in [3.8, 4) is 5.75 Å². The van der Waals surface area contributed by atoms with Gasteiger partial charge in [-0.2, -0.15) is 0 Å². The van der Waals surface area contributed by atoms with Crippen molar-refractivity contribution in [3.05, 3.63) is 47.7 Å². The quantitative estimate of drug-likeness (QED) is 0.680. The maximum Gasteiger partial charge on any atom is 0.134 e. The molecule has 0 aromatic heterocycles. The molecule has 66 valence electrons. The van der Waals surface area contributed by atoms with Gasteiger partial charge in [-0.25, -0.2) is 0 Å². The van der Waals surface area contributed by atoms with Crippen molar-refractivity contribution in [2.75, 3.05) is 5.33 Å². The topological polar surface area (TPSA) is 9.23 Å². The highest BCUT2D eigenvalue weighted by Gasteiger charge is 2.04. The van der Waals surface area contributed by atoms with E-state index in [0.29, 0.717) is 0 Å². The van der Waals surface area contributed by atoms with Crippen molar-refractivity contribution < 1.29 is 4.74 Å². The maximum atomic E-state index is 5.66. The summed E-state index contributed by atoms with van der Waals surface area (Å²) in [6, 6.07) is 7.99. The molecule has 1 aliphatic heterocycles. The molecule has 2 heteroatoms. The Morgan fingerprint density at radius 3 is 2.92 bits per heavy atom. The van der Waals surface area contributed by atoms with Crippen molar-refractivity contribution in [1.29, 1.82) is 0 Å². The first-order valence-corrected chi connectivity index (χ1v) is 5.22. The van der Waals surface area contributed by atoms with Crippen LogP contribution in [-0.2, 0) is 0 Å². The highest BCUT2D eigenvalue weighted by molar-refractivity contribution is 9.09. The molecule has 0 aliphatic carbocycles. The Morgan fingerprint density at radius 1 is 1.23 bits per heavy atom. The number of allylic oxidation sites excluding steroid dienone is 3. The van der Waals surface area contributed by atoms with E-state index in [1.165, 1.54) is 0 Å². The summed E-state index contributed by atoms with van der Waals surface area (Å²) in [4.78, 5) is 0. The van der Waals surface area contributed by atoms with Gasteiger partial charge in [0.15, 0.2) is 0 Å². The smallest absolute Gasteiger partial charge is 0.134 e. The van der Waals surface area contributed by atoms with E-state index in [1.54, 1.807) is 0 Å². The number of benzene rings is 1. The molecule has 0 fully saturated rings. The molecule has 0 spiro atoms. The van der Waals surface area contributed by atoms with Crippen LogP contribution in [0.3, 0.4) is 0 Å². The zero-order valence-corrected chi connectivity index (χ0v) is 8.62. The summed E-state index contributed by atoms with van der Waals surface area (Å²) in [7, 11) is 0. The van der Waals surface area contributed by atoms with E-state index in [1.807, 2.05) is 42.5 Å². The number of hydrogen-bond acceptors (Lipinski definition) is 1. The van der Waals surface area contributed by atoms with E-state index < -0.39 is 0 Å². The van der Waals surface area contributed by atoms with Crippen LogP contribution in [0.5, 0.6) is 5.75 Å². The molecule has 1 aromatic rings. The minimum atomic E-state index is 0.742. The zero-order valence-electron chi connectivity index (χ0n) is 7.03. The molecule has 1 heterocycles. The third kappa shape index (κ3) is 1.83. The third-order valence-corrected chi connectivity index (χ3v) is 2.40. The number of ether oxygens (including phenoxy) is 1. The van der Waals surface area contributed by atoms with Crippen LogP contribution in [0.15, 0.2) is 42.2 Å². The van der Waals surface area contributed by atoms with Gasteiger partial charge in [0.05, 0.1) is 5.33 Å². The van der Waals surface area contributed by atoms with E-state index in [9.17, 15) is 0 Å². The summed E-state index contributed by atoms with van der Waals surface area (Å²) in [6.07, 6.45) is 6.02.